The lowest BCUT2D eigenvalue weighted by molar-refractivity contribution is 0.102. The molecule has 2 aromatic heterocycles. The second-order valence-electron chi connectivity index (χ2n) is 6.38. The van der Waals surface area contributed by atoms with Crippen LogP contribution in [0.15, 0.2) is 28.1 Å². The van der Waals surface area contributed by atoms with Crippen LogP contribution in [0.2, 0.25) is 0 Å². The number of nitrogens with zero attached hydrogens (tertiary/aromatic N) is 2. The molecule has 0 atom stereocenters. The Kier molecular flexibility index (Phi) is 4.13. The van der Waals surface area contributed by atoms with E-state index in [0.29, 0.717) is 22.1 Å². The van der Waals surface area contributed by atoms with Gasteiger partial charge in [-0.15, -0.1) is 11.3 Å². The molecule has 1 aliphatic carbocycles. The number of fused-ring (bicyclic) bond motifs is 1. The minimum absolute atomic E-state index is 0.234. The van der Waals surface area contributed by atoms with Gasteiger partial charge in [0.2, 0.25) is 0 Å². The minimum atomic E-state index is -0.234. The number of hydrogen-bond acceptors (Lipinski definition) is 5. The van der Waals surface area contributed by atoms with Crippen molar-refractivity contribution in [2.24, 2.45) is 0 Å². The van der Waals surface area contributed by atoms with E-state index in [1.165, 1.54) is 41.7 Å². The van der Waals surface area contributed by atoms with E-state index >= 15 is 0 Å². The Labute approximate surface area is 150 Å². The van der Waals surface area contributed by atoms with Gasteiger partial charge in [-0.25, -0.2) is 4.98 Å². The number of benzene rings is 1. The van der Waals surface area contributed by atoms with Crippen molar-refractivity contribution in [1.82, 2.24) is 10.1 Å². The number of anilines is 1. The van der Waals surface area contributed by atoms with Crippen molar-refractivity contribution in [3.8, 4) is 11.3 Å². The second kappa shape index (κ2) is 6.44. The predicted molar refractivity (Wildman–Crippen MR) is 98.1 cm³/mol. The first kappa shape index (κ1) is 16.0. The van der Waals surface area contributed by atoms with Crippen molar-refractivity contribution in [3.63, 3.8) is 0 Å². The summed E-state index contributed by atoms with van der Waals surface area (Å²) in [6.07, 6.45) is 4.85. The molecule has 25 heavy (non-hydrogen) atoms. The fourth-order valence-corrected chi connectivity index (χ4v) is 4.04. The van der Waals surface area contributed by atoms with E-state index in [4.69, 9.17) is 4.52 Å². The Hall–Kier alpha value is -2.47. The first-order valence-electron chi connectivity index (χ1n) is 8.44. The molecule has 0 spiro atoms. The van der Waals surface area contributed by atoms with E-state index in [-0.39, 0.29) is 5.91 Å². The summed E-state index contributed by atoms with van der Waals surface area (Å²) in [5.41, 5.74) is 5.95. The van der Waals surface area contributed by atoms with Gasteiger partial charge in [-0.2, -0.15) is 0 Å². The van der Waals surface area contributed by atoms with Gasteiger partial charge in [0.25, 0.3) is 5.91 Å². The van der Waals surface area contributed by atoms with Gasteiger partial charge in [-0.3, -0.25) is 10.1 Å². The maximum absolute atomic E-state index is 12.4. The molecule has 1 amide bonds. The first-order valence-corrected chi connectivity index (χ1v) is 9.31. The minimum Gasteiger partial charge on any atom is -0.361 e. The summed E-state index contributed by atoms with van der Waals surface area (Å²) >= 11 is 1.43. The quantitative estimate of drug-likeness (QED) is 0.750. The fourth-order valence-electron chi connectivity index (χ4n) is 3.32. The standard InChI is InChI=1S/C19H19N3O2S/c1-11-17(12(2)24-22-11)18(23)21-19-20-16(10-25-19)15-8-7-13-5-3-4-6-14(13)9-15/h7-10H,3-6H2,1-2H3,(H,20,21,23). The number of rotatable bonds is 3. The van der Waals surface area contributed by atoms with Crippen molar-refractivity contribution < 1.29 is 9.32 Å². The highest BCUT2D eigenvalue weighted by molar-refractivity contribution is 7.14. The van der Waals surface area contributed by atoms with Crippen LogP contribution >= 0.6 is 11.3 Å². The number of hydrogen-bond donors (Lipinski definition) is 1. The summed E-state index contributed by atoms with van der Waals surface area (Å²) in [6, 6.07) is 6.58. The molecule has 6 heteroatoms. The molecule has 0 fully saturated rings. The molecule has 2 heterocycles. The van der Waals surface area contributed by atoms with Crippen LogP contribution in [0.3, 0.4) is 0 Å². The fraction of sp³-hybridized carbons (Fsp3) is 0.316. The Morgan fingerprint density at radius 3 is 2.76 bits per heavy atom. The molecule has 0 unspecified atom stereocenters. The van der Waals surface area contributed by atoms with Crippen LogP contribution in [-0.2, 0) is 12.8 Å². The van der Waals surface area contributed by atoms with Gasteiger partial charge >= 0.3 is 0 Å². The van der Waals surface area contributed by atoms with Crippen LogP contribution in [-0.4, -0.2) is 16.0 Å². The lowest BCUT2D eigenvalue weighted by Crippen LogP contribution is -2.13. The third-order valence-corrected chi connectivity index (χ3v) is 5.39. The second-order valence-corrected chi connectivity index (χ2v) is 7.24. The number of carbonyl (C=O) groups is 1. The van der Waals surface area contributed by atoms with Crippen LogP contribution < -0.4 is 5.32 Å². The van der Waals surface area contributed by atoms with Crippen LogP contribution in [0, 0.1) is 13.8 Å². The van der Waals surface area contributed by atoms with E-state index in [9.17, 15) is 4.79 Å². The number of carbonyl (C=O) groups excluding carboxylic acids is 1. The Morgan fingerprint density at radius 1 is 1.20 bits per heavy atom. The topological polar surface area (TPSA) is 68.0 Å². The molecule has 1 aromatic carbocycles. The van der Waals surface area contributed by atoms with E-state index in [1.54, 1.807) is 13.8 Å². The van der Waals surface area contributed by atoms with E-state index in [2.05, 4.69) is 33.7 Å². The highest BCUT2D eigenvalue weighted by Crippen LogP contribution is 2.30. The third kappa shape index (κ3) is 3.09. The summed E-state index contributed by atoms with van der Waals surface area (Å²) in [7, 11) is 0. The summed E-state index contributed by atoms with van der Waals surface area (Å²) in [4.78, 5) is 17.0. The highest BCUT2D eigenvalue weighted by Gasteiger charge is 2.19. The summed E-state index contributed by atoms with van der Waals surface area (Å²) in [5, 5.41) is 9.23. The van der Waals surface area contributed by atoms with E-state index < -0.39 is 0 Å². The number of thiazole rings is 1. The maximum atomic E-state index is 12.4. The molecule has 0 saturated heterocycles. The molecule has 4 rings (SSSR count). The normalized spacial score (nSPS) is 13.5. The summed E-state index contributed by atoms with van der Waals surface area (Å²) in [5.74, 6) is 0.282. The van der Waals surface area contributed by atoms with Gasteiger partial charge in [0.1, 0.15) is 11.3 Å². The summed E-state index contributed by atoms with van der Waals surface area (Å²) < 4.78 is 5.05. The van der Waals surface area contributed by atoms with Gasteiger partial charge < -0.3 is 4.52 Å². The van der Waals surface area contributed by atoms with Crippen molar-refractivity contribution >= 4 is 22.4 Å². The number of aromatic nitrogens is 2. The van der Waals surface area contributed by atoms with Crippen molar-refractivity contribution in [2.75, 3.05) is 5.32 Å². The molecule has 3 aromatic rings. The van der Waals surface area contributed by atoms with Gasteiger partial charge in [-0.1, -0.05) is 17.3 Å². The van der Waals surface area contributed by atoms with Crippen LogP contribution in [0.5, 0.6) is 0 Å². The zero-order chi connectivity index (χ0) is 17.4. The van der Waals surface area contributed by atoms with Crippen molar-refractivity contribution in [3.05, 3.63) is 51.7 Å². The van der Waals surface area contributed by atoms with E-state index in [1.807, 2.05) is 5.38 Å². The van der Waals surface area contributed by atoms with Crippen molar-refractivity contribution in [2.45, 2.75) is 39.5 Å². The zero-order valence-electron chi connectivity index (χ0n) is 14.3. The average Bonchev–Trinajstić information content (AvgIpc) is 3.21. The lowest BCUT2D eigenvalue weighted by Gasteiger charge is -2.16. The van der Waals surface area contributed by atoms with Gasteiger partial charge in [0, 0.05) is 10.9 Å². The summed E-state index contributed by atoms with van der Waals surface area (Å²) in [6.45, 7) is 3.49. The average molecular weight is 353 g/mol. The molecule has 1 aliphatic rings. The predicted octanol–water partition coefficient (Wildman–Crippen LogP) is 4.55. The monoisotopic (exact) mass is 353 g/mol. The number of aryl methyl sites for hydroxylation is 4. The van der Waals surface area contributed by atoms with Crippen LogP contribution in [0.25, 0.3) is 11.3 Å². The van der Waals surface area contributed by atoms with Crippen LogP contribution in [0.4, 0.5) is 5.13 Å². The third-order valence-electron chi connectivity index (χ3n) is 4.63. The SMILES string of the molecule is Cc1noc(C)c1C(=O)Nc1nc(-c2ccc3c(c2)CCCC3)cs1. The maximum Gasteiger partial charge on any atom is 0.262 e. The molecule has 0 radical (unpaired) electrons. The molecule has 5 nitrogen and oxygen atoms in total. The zero-order valence-corrected chi connectivity index (χ0v) is 15.1. The van der Waals surface area contributed by atoms with Gasteiger partial charge in [0.15, 0.2) is 5.13 Å². The largest absolute Gasteiger partial charge is 0.361 e. The Morgan fingerprint density at radius 2 is 2.00 bits per heavy atom. The van der Waals surface area contributed by atoms with Gasteiger partial charge in [-0.05, 0) is 56.7 Å². The molecule has 0 saturated carbocycles. The lowest BCUT2D eigenvalue weighted by atomic mass is 9.90. The molecule has 128 valence electrons. The van der Waals surface area contributed by atoms with Crippen molar-refractivity contribution in [1.29, 1.82) is 0 Å². The van der Waals surface area contributed by atoms with Gasteiger partial charge in [0.05, 0.1) is 11.4 Å². The molecular formula is C19H19N3O2S. The smallest absolute Gasteiger partial charge is 0.262 e. The molecular weight excluding hydrogens is 334 g/mol. The van der Waals surface area contributed by atoms with E-state index in [0.717, 1.165) is 17.7 Å². The molecule has 0 aliphatic heterocycles. The molecule has 1 N–H and O–H groups in total. The Bertz CT molecular complexity index is 923. The number of nitrogens with one attached hydrogen (secondary N) is 1. The molecule has 0 bridgehead atoms. The number of amides is 1. The highest BCUT2D eigenvalue weighted by atomic mass is 32.1. The van der Waals surface area contributed by atoms with Crippen LogP contribution in [0.1, 0.15) is 45.8 Å². The Balaban J connectivity index is 1.55. The first-order chi connectivity index (χ1) is 12.1.